The van der Waals surface area contributed by atoms with Gasteiger partial charge in [0.05, 0.1) is 12.5 Å². The molecule has 176 valence electrons. The van der Waals surface area contributed by atoms with Gasteiger partial charge in [0.25, 0.3) is 0 Å². The van der Waals surface area contributed by atoms with Gasteiger partial charge >= 0.3 is 12.1 Å². The molecule has 1 rings (SSSR count). The minimum absolute atomic E-state index is 0.141. The minimum atomic E-state index is -0.809. The zero-order chi connectivity index (χ0) is 23.6. The highest BCUT2D eigenvalue weighted by atomic mass is 16.6. The third kappa shape index (κ3) is 10.3. The second-order valence-corrected chi connectivity index (χ2v) is 9.02. The Morgan fingerprint density at radius 3 is 2.42 bits per heavy atom. The van der Waals surface area contributed by atoms with E-state index in [0.717, 1.165) is 0 Å². The van der Waals surface area contributed by atoms with Crippen molar-refractivity contribution in [1.29, 1.82) is 0 Å². The van der Waals surface area contributed by atoms with E-state index in [-0.39, 0.29) is 24.9 Å². The largest absolute Gasteiger partial charge is 0.463 e. The SMILES string of the molecule is CCOC(=O)C=CCC(NC(=O)C(CC(C)C)NC(=O)OC(C)(C)C)C1CCNC1=O. The smallest absolute Gasteiger partial charge is 0.408 e. The first-order chi connectivity index (χ1) is 14.4. The number of esters is 1. The summed E-state index contributed by atoms with van der Waals surface area (Å²) in [5.74, 6) is -1.29. The van der Waals surface area contributed by atoms with Crippen LogP contribution in [0.3, 0.4) is 0 Å². The van der Waals surface area contributed by atoms with E-state index in [4.69, 9.17) is 9.47 Å². The molecule has 0 radical (unpaired) electrons. The second kappa shape index (κ2) is 12.3. The Hall–Kier alpha value is -2.58. The van der Waals surface area contributed by atoms with Gasteiger partial charge in [0, 0.05) is 18.7 Å². The van der Waals surface area contributed by atoms with Crippen LogP contribution < -0.4 is 16.0 Å². The van der Waals surface area contributed by atoms with E-state index in [2.05, 4.69) is 16.0 Å². The van der Waals surface area contributed by atoms with Gasteiger partial charge in [-0.05, 0) is 52.9 Å². The Labute approximate surface area is 184 Å². The molecule has 0 aromatic rings. The molecule has 0 aromatic carbocycles. The standard InChI is InChI=1S/C22H37N3O6/c1-7-30-18(26)10-8-9-16(15-11-12-23-19(15)27)24-20(28)17(13-14(2)3)25-21(29)31-22(4,5)6/h8,10,14-17H,7,9,11-13H2,1-6H3,(H,23,27)(H,24,28)(H,25,29). The van der Waals surface area contributed by atoms with Crippen molar-refractivity contribution in [3.05, 3.63) is 12.2 Å². The van der Waals surface area contributed by atoms with Crippen LogP contribution >= 0.6 is 0 Å². The summed E-state index contributed by atoms with van der Waals surface area (Å²) in [5, 5.41) is 8.30. The summed E-state index contributed by atoms with van der Waals surface area (Å²) in [6, 6.07) is -1.33. The molecule has 31 heavy (non-hydrogen) atoms. The van der Waals surface area contributed by atoms with Gasteiger partial charge in [0.1, 0.15) is 11.6 Å². The number of ether oxygens (including phenoxy) is 2. The molecule has 3 atom stereocenters. The fraction of sp³-hybridized carbons (Fsp3) is 0.727. The normalized spacial score (nSPS) is 18.4. The van der Waals surface area contributed by atoms with Crippen LogP contribution in [0.25, 0.3) is 0 Å². The van der Waals surface area contributed by atoms with E-state index in [9.17, 15) is 19.2 Å². The number of rotatable bonds is 10. The topological polar surface area (TPSA) is 123 Å². The molecule has 1 fully saturated rings. The maximum atomic E-state index is 13.0. The maximum absolute atomic E-state index is 13.0. The Bertz CT molecular complexity index is 669. The van der Waals surface area contributed by atoms with Gasteiger partial charge in [0.15, 0.2) is 0 Å². The van der Waals surface area contributed by atoms with Crippen LogP contribution in [0.5, 0.6) is 0 Å². The number of alkyl carbamates (subject to hydrolysis) is 1. The van der Waals surface area contributed by atoms with Crippen molar-refractivity contribution in [1.82, 2.24) is 16.0 Å². The Morgan fingerprint density at radius 2 is 1.90 bits per heavy atom. The van der Waals surface area contributed by atoms with Crippen molar-refractivity contribution in [2.24, 2.45) is 11.8 Å². The third-order valence-corrected chi connectivity index (χ3v) is 4.55. The van der Waals surface area contributed by atoms with Gasteiger partial charge in [-0.3, -0.25) is 9.59 Å². The lowest BCUT2D eigenvalue weighted by atomic mass is 9.94. The average Bonchev–Trinajstić information content (AvgIpc) is 3.04. The molecule has 0 saturated carbocycles. The predicted octanol–water partition coefficient (Wildman–Crippen LogP) is 2.06. The molecule has 3 amide bonds. The van der Waals surface area contributed by atoms with Crippen molar-refractivity contribution < 1.29 is 28.7 Å². The van der Waals surface area contributed by atoms with Crippen LogP contribution in [0.1, 0.15) is 60.8 Å². The van der Waals surface area contributed by atoms with Gasteiger partial charge < -0.3 is 25.4 Å². The van der Waals surface area contributed by atoms with Crippen molar-refractivity contribution in [3.63, 3.8) is 0 Å². The van der Waals surface area contributed by atoms with Gasteiger partial charge in [0.2, 0.25) is 11.8 Å². The molecule has 9 nitrogen and oxygen atoms in total. The molecular formula is C22H37N3O6. The monoisotopic (exact) mass is 439 g/mol. The molecule has 3 unspecified atom stereocenters. The molecule has 0 bridgehead atoms. The van der Waals surface area contributed by atoms with Crippen LogP contribution in [-0.2, 0) is 23.9 Å². The molecule has 3 N–H and O–H groups in total. The van der Waals surface area contributed by atoms with Gasteiger partial charge in [-0.2, -0.15) is 0 Å². The number of hydrogen-bond acceptors (Lipinski definition) is 6. The molecule has 1 saturated heterocycles. The quantitative estimate of drug-likeness (QED) is 0.354. The summed E-state index contributed by atoms with van der Waals surface area (Å²) in [6.07, 6.45) is 3.47. The molecule has 1 aliphatic heterocycles. The van der Waals surface area contributed by atoms with Gasteiger partial charge in [-0.15, -0.1) is 0 Å². The molecule has 1 aliphatic rings. The maximum Gasteiger partial charge on any atom is 0.408 e. The molecule has 0 spiro atoms. The summed E-state index contributed by atoms with van der Waals surface area (Å²) < 4.78 is 10.1. The first kappa shape index (κ1) is 26.5. The lowest BCUT2D eigenvalue weighted by molar-refractivity contribution is -0.137. The second-order valence-electron chi connectivity index (χ2n) is 9.02. The number of amides is 3. The van der Waals surface area contributed by atoms with Gasteiger partial charge in [-0.25, -0.2) is 9.59 Å². The average molecular weight is 440 g/mol. The fourth-order valence-corrected chi connectivity index (χ4v) is 3.26. The minimum Gasteiger partial charge on any atom is -0.463 e. The highest BCUT2D eigenvalue weighted by molar-refractivity contribution is 5.87. The van der Waals surface area contributed by atoms with Crippen molar-refractivity contribution >= 4 is 23.9 Å². The van der Waals surface area contributed by atoms with Crippen LogP contribution in [0.4, 0.5) is 4.79 Å². The molecular weight excluding hydrogens is 402 g/mol. The zero-order valence-electron chi connectivity index (χ0n) is 19.4. The highest BCUT2D eigenvalue weighted by Crippen LogP contribution is 2.18. The third-order valence-electron chi connectivity index (χ3n) is 4.55. The van der Waals surface area contributed by atoms with Crippen LogP contribution in [-0.4, -0.2) is 54.7 Å². The zero-order valence-corrected chi connectivity index (χ0v) is 19.4. The number of hydrogen-bond donors (Lipinski definition) is 3. The lowest BCUT2D eigenvalue weighted by Crippen LogP contribution is -2.53. The first-order valence-corrected chi connectivity index (χ1v) is 10.8. The summed E-state index contributed by atoms with van der Waals surface area (Å²) in [4.78, 5) is 49.0. The predicted molar refractivity (Wildman–Crippen MR) is 116 cm³/mol. The summed E-state index contributed by atoms with van der Waals surface area (Å²) in [6.45, 7) is 11.6. The summed E-state index contributed by atoms with van der Waals surface area (Å²) >= 11 is 0. The number of carbonyl (C=O) groups is 4. The van der Waals surface area contributed by atoms with E-state index >= 15 is 0 Å². The van der Waals surface area contributed by atoms with E-state index in [0.29, 0.717) is 19.4 Å². The molecule has 0 aliphatic carbocycles. The number of nitrogens with one attached hydrogen (secondary N) is 3. The van der Waals surface area contributed by atoms with Crippen LogP contribution in [0, 0.1) is 11.8 Å². The summed E-state index contributed by atoms with van der Waals surface area (Å²) in [7, 11) is 0. The molecule has 1 heterocycles. The lowest BCUT2D eigenvalue weighted by Gasteiger charge is -2.27. The molecule has 9 heteroatoms. The van der Waals surface area contributed by atoms with E-state index < -0.39 is 41.6 Å². The number of carbonyl (C=O) groups excluding carboxylic acids is 4. The highest BCUT2D eigenvalue weighted by Gasteiger charge is 2.34. The van der Waals surface area contributed by atoms with E-state index in [1.165, 1.54) is 6.08 Å². The van der Waals surface area contributed by atoms with Crippen molar-refractivity contribution in [2.45, 2.75) is 78.5 Å². The van der Waals surface area contributed by atoms with E-state index in [1.54, 1.807) is 33.8 Å². The van der Waals surface area contributed by atoms with Crippen molar-refractivity contribution in [3.8, 4) is 0 Å². The van der Waals surface area contributed by atoms with Crippen molar-refractivity contribution in [2.75, 3.05) is 13.2 Å². The Balaban J connectivity index is 2.90. The van der Waals surface area contributed by atoms with Gasteiger partial charge in [-0.1, -0.05) is 19.9 Å². The summed E-state index contributed by atoms with van der Waals surface area (Å²) in [5.41, 5.74) is -0.689. The van der Waals surface area contributed by atoms with E-state index in [1.807, 2.05) is 13.8 Å². The Kier molecular flexibility index (Phi) is 10.5. The molecule has 0 aromatic heterocycles. The first-order valence-electron chi connectivity index (χ1n) is 10.8. The van der Waals surface area contributed by atoms with Crippen LogP contribution in [0.15, 0.2) is 12.2 Å². The Morgan fingerprint density at radius 1 is 1.23 bits per heavy atom. The van der Waals surface area contributed by atoms with Crippen LogP contribution in [0.2, 0.25) is 0 Å². The fourth-order valence-electron chi connectivity index (χ4n) is 3.26.